The summed E-state index contributed by atoms with van der Waals surface area (Å²) in [6, 6.07) is 3.07. The van der Waals surface area contributed by atoms with Gasteiger partial charge in [0, 0.05) is 24.1 Å². The van der Waals surface area contributed by atoms with Crippen molar-refractivity contribution >= 4 is 33.2 Å². The second-order valence-electron chi connectivity index (χ2n) is 5.00. The van der Waals surface area contributed by atoms with Crippen molar-refractivity contribution in [1.82, 2.24) is 4.72 Å². The van der Waals surface area contributed by atoms with E-state index in [4.69, 9.17) is 17.3 Å². The lowest BCUT2D eigenvalue weighted by Crippen LogP contribution is -2.45. The number of amides is 1. The van der Waals surface area contributed by atoms with Gasteiger partial charge >= 0.3 is 0 Å². The second-order valence-corrected chi connectivity index (χ2v) is 7.06. The number of nitrogens with zero attached hydrogens (tertiary/aromatic N) is 1. The number of rotatable bonds is 6. The standard InChI is InChI=1S/C11H14ClN3O5S/c1-11(2,6-10(13)16)14-21(19,20)9-5-7(15(17)18)3-4-8(9)12/h3-5,14H,6H2,1-2H3,(H2,13,16). The van der Waals surface area contributed by atoms with E-state index in [-0.39, 0.29) is 11.4 Å². The third-order valence-electron chi connectivity index (χ3n) is 2.44. The number of nitrogens with one attached hydrogen (secondary N) is 1. The number of benzene rings is 1. The summed E-state index contributed by atoms with van der Waals surface area (Å²) >= 11 is 5.79. The maximum Gasteiger partial charge on any atom is 0.270 e. The Morgan fingerprint density at radius 3 is 2.52 bits per heavy atom. The lowest BCUT2D eigenvalue weighted by atomic mass is 10.0. The summed E-state index contributed by atoms with van der Waals surface area (Å²) in [6.45, 7) is 2.92. The van der Waals surface area contributed by atoms with Gasteiger partial charge in [0.1, 0.15) is 4.90 Å². The van der Waals surface area contributed by atoms with Gasteiger partial charge in [-0.15, -0.1) is 0 Å². The van der Waals surface area contributed by atoms with Crippen LogP contribution < -0.4 is 10.5 Å². The first kappa shape index (κ1) is 17.3. The van der Waals surface area contributed by atoms with Crippen molar-refractivity contribution in [3.05, 3.63) is 33.3 Å². The molecule has 0 heterocycles. The maximum atomic E-state index is 12.3. The van der Waals surface area contributed by atoms with Gasteiger partial charge in [0.2, 0.25) is 15.9 Å². The number of carbonyl (C=O) groups is 1. The lowest BCUT2D eigenvalue weighted by molar-refractivity contribution is -0.385. The molecule has 0 fully saturated rings. The molecule has 0 atom stereocenters. The van der Waals surface area contributed by atoms with Gasteiger partial charge in [-0.3, -0.25) is 14.9 Å². The van der Waals surface area contributed by atoms with Crippen LogP contribution in [0.4, 0.5) is 5.69 Å². The summed E-state index contributed by atoms with van der Waals surface area (Å²) in [7, 11) is -4.14. The Balaban J connectivity index is 3.22. The van der Waals surface area contributed by atoms with Crippen molar-refractivity contribution in [1.29, 1.82) is 0 Å². The molecule has 8 nitrogen and oxygen atoms in total. The Labute approximate surface area is 126 Å². The van der Waals surface area contributed by atoms with Crippen molar-refractivity contribution in [3.63, 3.8) is 0 Å². The Bertz CT molecular complexity index is 687. The van der Waals surface area contributed by atoms with Crippen LogP contribution in [0.1, 0.15) is 20.3 Å². The van der Waals surface area contributed by atoms with Gasteiger partial charge in [0.05, 0.1) is 9.95 Å². The van der Waals surface area contributed by atoms with Crippen LogP contribution in [0.5, 0.6) is 0 Å². The number of nitro groups is 1. The predicted octanol–water partition coefficient (Wildman–Crippen LogP) is 1.18. The van der Waals surface area contributed by atoms with Crippen LogP contribution in [0.2, 0.25) is 5.02 Å². The molecule has 0 aliphatic carbocycles. The van der Waals surface area contributed by atoms with Crippen LogP contribution in [0.25, 0.3) is 0 Å². The molecule has 0 saturated heterocycles. The van der Waals surface area contributed by atoms with Crippen LogP contribution in [0.3, 0.4) is 0 Å². The van der Waals surface area contributed by atoms with E-state index in [1.54, 1.807) is 0 Å². The van der Waals surface area contributed by atoms with Gasteiger partial charge in [0.25, 0.3) is 5.69 Å². The van der Waals surface area contributed by atoms with Gasteiger partial charge in [-0.25, -0.2) is 13.1 Å². The quantitative estimate of drug-likeness (QED) is 0.595. The summed E-state index contributed by atoms with van der Waals surface area (Å²) in [4.78, 5) is 20.5. The average molecular weight is 336 g/mol. The number of non-ortho nitro benzene ring substituents is 1. The highest BCUT2D eigenvalue weighted by molar-refractivity contribution is 7.89. The largest absolute Gasteiger partial charge is 0.370 e. The van der Waals surface area contributed by atoms with Gasteiger partial charge in [0.15, 0.2) is 0 Å². The van der Waals surface area contributed by atoms with Crippen molar-refractivity contribution < 1.29 is 18.1 Å². The topological polar surface area (TPSA) is 132 Å². The highest BCUT2D eigenvalue weighted by atomic mass is 35.5. The Morgan fingerprint density at radius 1 is 1.48 bits per heavy atom. The molecule has 0 aliphatic heterocycles. The highest BCUT2D eigenvalue weighted by Crippen LogP contribution is 2.27. The maximum absolute atomic E-state index is 12.3. The number of nitro benzene ring substituents is 1. The number of hydrogen-bond donors (Lipinski definition) is 2. The first-order valence-electron chi connectivity index (χ1n) is 5.71. The third kappa shape index (κ3) is 4.66. The van der Waals surface area contributed by atoms with E-state index in [9.17, 15) is 23.3 Å². The zero-order chi connectivity index (χ0) is 16.4. The fourth-order valence-corrected chi connectivity index (χ4v) is 3.63. The van der Waals surface area contributed by atoms with Crippen molar-refractivity contribution in [2.24, 2.45) is 5.73 Å². The number of sulfonamides is 1. The van der Waals surface area contributed by atoms with E-state index < -0.39 is 37.0 Å². The fourth-order valence-electron chi connectivity index (χ4n) is 1.70. The van der Waals surface area contributed by atoms with E-state index in [1.165, 1.54) is 13.8 Å². The molecule has 1 rings (SSSR count). The van der Waals surface area contributed by atoms with Crippen LogP contribution in [0.15, 0.2) is 23.1 Å². The molecule has 1 aromatic rings. The summed E-state index contributed by atoms with van der Waals surface area (Å²) in [6.07, 6.45) is -0.237. The number of primary amides is 1. The zero-order valence-electron chi connectivity index (χ0n) is 11.3. The molecule has 21 heavy (non-hydrogen) atoms. The zero-order valence-corrected chi connectivity index (χ0v) is 12.9. The molecule has 0 aromatic heterocycles. The molecule has 0 aliphatic rings. The third-order valence-corrected chi connectivity index (χ3v) is 4.62. The predicted molar refractivity (Wildman–Crippen MR) is 76.3 cm³/mol. The Kier molecular flexibility index (Phi) is 4.92. The van der Waals surface area contributed by atoms with E-state index in [1.807, 2.05) is 0 Å². The summed E-state index contributed by atoms with van der Waals surface area (Å²) in [5.41, 5.74) is 3.48. The first-order chi connectivity index (χ1) is 9.44. The van der Waals surface area contributed by atoms with Crippen LogP contribution in [0, 0.1) is 10.1 Å². The van der Waals surface area contributed by atoms with E-state index in [2.05, 4.69) is 4.72 Å². The molecule has 1 amide bonds. The number of halogens is 1. The van der Waals surface area contributed by atoms with Gasteiger partial charge in [-0.05, 0) is 19.9 Å². The monoisotopic (exact) mass is 335 g/mol. The first-order valence-corrected chi connectivity index (χ1v) is 7.57. The molecule has 0 radical (unpaired) electrons. The second kappa shape index (κ2) is 5.96. The van der Waals surface area contributed by atoms with Gasteiger partial charge in [-0.2, -0.15) is 0 Å². The lowest BCUT2D eigenvalue weighted by Gasteiger charge is -2.24. The SMILES string of the molecule is CC(C)(CC(N)=O)NS(=O)(=O)c1cc([N+](=O)[O-])ccc1Cl. The van der Waals surface area contributed by atoms with Gasteiger partial charge in [-0.1, -0.05) is 11.6 Å². The van der Waals surface area contributed by atoms with Crippen molar-refractivity contribution in [2.45, 2.75) is 30.7 Å². The molecule has 0 spiro atoms. The number of hydrogen-bond acceptors (Lipinski definition) is 5. The van der Waals surface area contributed by atoms with Crippen LogP contribution in [-0.2, 0) is 14.8 Å². The molecule has 0 unspecified atom stereocenters. The molecule has 1 aromatic carbocycles. The average Bonchev–Trinajstić information content (AvgIpc) is 2.24. The molecule has 0 saturated carbocycles. The fraction of sp³-hybridized carbons (Fsp3) is 0.364. The van der Waals surface area contributed by atoms with Crippen molar-refractivity contribution in [2.75, 3.05) is 0 Å². The normalized spacial score (nSPS) is 12.1. The molecular formula is C11H14ClN3O5S. The smallest absolute Gasteiger partial charge is 0.270 e. The summed E-state index contributed by atoms with van der Waals surface area (Å²) in [5, 5.41) is 10.5. The summed E-state index contributed by atoms with van der Waals surface area (Å²) in [5.74, 6) is -0.687. The number of nitrogens with two attached hydrogens (primary N) is 1. The van der Waals surface area contributed by atoms with E-state index in [0.717, 1.165) is 18.2 Å². The molecule has 10 heteroatoms. The molecule has 3 N–H and O–H groups in total. The highest BCUT2D eigenvalue weighted by Gasteiger charge is 2.30. The molecular weight excluding hydrogens is 322 g/mol. The van der Waals surface area contributed by atoms with E-state index >= 15 is 0 Å². The molecule has 116 valence electrons. The van der Waals surface area contributed by atoms with Crippen LogP contribution >= 0.6 is 11.6 Å². The minimum atomic E-state index is -4.14. The number of carbonyl (C=O) groups excluding carboxylic acids is 1. The Hall–Kier alpha value is -1.71. The summed E-state index contributed by atoms with van der Waals surface area (Å²) < 4.78 is 26.8. The minimum absolute atomic E-state index is 0.164. The van der Waals surface area contributed by atoms with E-state index in [0.29, 0.717) is 0 Å². The molecule has 0 bridgehead atoms. The van der Waals surface area contributed by atoms with Crippen molar-refractivity contribution in [3.8, 4) is 0 Å². The Morgan fingerprint density at radius 2 is 2.05 bits per heavy atom. The minimum Gasteiger partial charge on any atom is -0.370 e. The van der Waals surface area contributed by atoms with Crippen LogP contribution in [-0.4, -0.2) is 24.8 Å². The van der Waals surface area contributed by atoms with Gasteiger partial charge < -0.3 is 5.73 Å².